The van der Waals surface area contributed by atoms with E-state index in [1.807, 2.05) is 24.4 Å². The van der Waals surface area contributed by atoms with Crippen LogP contribution in [-0.2, 0) is 6.54 Å². The molecular formula is C13H12BrN5O. The van der Waals surface area contributed by atoms with Crippen LogP contribution >= 0.6 is 15.9 Å². The maximum absolute atomic E-state index is 8.55. The van der Waals surface area contributed by atoms with Crippen LogP contribution in [0, 0.1) is 11.5 Å². The highest BCUT2D eigenvalue weighted by Gasteiger charge is 2.04. The highest BCUT2D eigenvalue weighted by atomic mass is 79.9. The third kappa shape index (κ3) is 3.59. The van der Waals surface area contributed by atoms with E-state index in [-0.39, 0.29) is 0 Å². The minimum atomic E-state index is 0.450. The quantitative estimate of drug-likeness (QED) is 0.646. The van der Waals surface area contributed by atoms with E-state index in [0.29, 0.717) is 18.2 Å². The molecule has 1 heterocycles. The number of halogens is 1. The third-order valence-electron chi connectivity index (χ3n) is 2.55. The molecule has 20 heavy (non-hydrogen) atoms. The zero-order valence-electron chi connectivity index (χ0n) is 10.7. The molecule has 102 valence electrons. The first-order valence-electron chi connectivity index (χ1n) is 5.76. The van der Waals surface area contributed by atoms with Crippen LogP contribution in [0.1, 0.15) is 5.56 Å². The fraction of sp³-hybridized carbons (Fsp3) is 0.154. The van der Waals surface area contributed by atoms with Gasteiger partial charge in [-0.25, -0.2) is 9.97 Å². The zero-order valence-corrected chi connectivity index (χ0v) is 12.3. The molecule has 0 saturated heterocycles. The lowest BCUT2D eigenvalue weighted by atomic mass is 10.2. The molecule has 0 bridgehead atoms. The number of anilines is 2. The summed E-state index contributed by atoms with van der Waals surface area (Å²) in [5, 5.41) is 14.2. The average molecular weight is 334 g/mol. The highest BCUT2D eigenvalue weighted by Crippen LogP contribution is 2.23. The van der Waals surface area contributed by atoms with Gasteiger partial charge in [-0.2, -0.15) is 5.26 Å². The Labute approximate surface area is 124 Å². The largest absolute Gasteiger partial charge is 0.496 e. The molecule has 0 unspecified atom stereocenters. The van der Waals surface area contributed by atoms with Crippen molar-refractivity contribution < 1.29 is 4.74 Å². The van der Waals surface area contributed by atoms with Gasteiger partial charge in [0.2, 0.25) is 0 Å². The second kappa shape index (κ2) is 6.73. The average Bonchev–Trinajstić information content (AvgIpc) is 2.46. The van der Waals surface area contributed by atoms with Crippen molar-refractivity contribution in [2.24, 2.45) is 0 Å². The molecule has 2 rings (SSSR count). The second-order valence-corrected chi connectivity index (χ2v) is 4.75. The van der Waals surface area contributed by atoms with Gasteiger partial charge in [0.05, 0.1) is 7.11 Å². The van der Waals surface area contributed by atoms with Crippen molar-refractivity contribution in [2.45, 2.75) is 6.54 Å². The van der Waals surface area contributed by atoms with E-state index in [4.69, 9.17) is 10.00 Å². The van der Waals surface area contributed by atoms with Crippen LogP contribution in [0.25, 0.3) is 0 Å². The Morgan fingerprint density at radius 1 is 1.30 bits per heavy atom. The minimum Gasteiger partial charge on any atom is -0.496 e. The molecule has 2 N–H and O–H groups in total. The van der Waals surface area contributed by atoms with Crippen LogP contribution < -0.4 is 15.4 Å². The molecule has 0 amide bonds. The molecule has 0 atom stereocenters. The van der Waals surface area contributed by atoms with Crippen LogP contribution in [0.3, 0.4) is 0 Å². The van der Waals surface area contributed by atoms with Crippen molar-refractivity contribution >= 4 is 27.6 Å². The van der Waals surface area contributed by atoms with Gasteiger partial charge in [0.25, 0.3) is 0 Å². The van der Waals surface area contributed by atoms with Crippen molar-refractivity contribution in [2.75, 3.05) is 17.7 Å². The number of ether oxygens (including phenoxy) is 1. The van der Waals surface area contributed by atoms with Crippen LogP contribution in [0.2, 0.25) is 0 Å². The summed E-state index contributed by atoms with van der Waals surface area (Å²) in [6.07, 6.45) is 3.21. The van der Waals surface area contributed by atoms with Crippen molar-refractivity contribution in [1.82, 2.24) is 9.97 Å². The minimum absolute atomic E-state index is 0.450. The summed E-state index contributed by atoms with van der Waals surface area (Å²) in [5.41, 5.74) is 0.996. The first-order chi connectivity index (χ1) is 9.72. The Morgan fingerprint density at radius 2 is 2.10 bits per heavy atom. The Balaban J connectivity index is 2.10. The SMILES string of the molecule is COc1ccc(Br)cc1CNc1cc(NC#N)ncn1. The Kier molecular flexibility index (Phi) is 4.74. The monoisotopic (exact) mass is 333 g/mol. The van der Waals surface area contributed by atoms with Gasteiger partial charge in [0.15, 0.2) is 6.19 Å². The van der Waals surface area contributed by atoms with Gasteiger partial charge in [0, 0.05) is 22.6 Å². The number of methoxy groups -OCH3 is 1. The van der Waals surface area contributed by atoms with Crippen molar-refractivity contribution in [3.05, 3.63) is 40.6 Å². The maximum atomic E-state index is 8.55. The van der Waals surface area contributed by atoms with Crippen molar-refractivity contribution in [3.8, 4) is 11.9 Å². The van der Waals surface area contributed by atoms with Crippen LogP contribution in [0.15, 0.2) is 35.1 Å². The molecule has 0 radical (unpaired) electrons. The number of benzene rings is 1. The number of hydrogen-bond acceptors (Lipinski definition) is 6. The second-order valence-electron chi connectivity index (χ2n) is 3.84. The van der Waals surface area contributed by atoms with Gasteiger partial charge in [-0.05, 0) is 18.2 Å². The van der Waals surface area contributed by atoms with Crippen molar-refractivity contribution in [1.29, 1.82) is 5.26 Å². The van der Waals surface area contributed by atoms with Gasteiger partial charge in [0.1, 0.15) is 23.7 Å². The van der Waals surface area contributed by atoms with E-state index in [2.05, 4.69) is 36.5 Å². The lowest BCUT2D eigenvalue weighted by molar-refractivity contribution is 0.410. The number of rotatable bonds is 5. The molecule has 0 aliphatic heterocycles. The fourth-order valence-electron chi connectivity index (χ4n) is 1.65. The van der Waals surface area contributed by atoms with Gasteiger partial charge in [-0.3, -0.25) is 5.32 Å². The maximum Gasteiger partial charge on any atom is 0.182 e. The molecule has 6 nitrogen and oxygen atoms in total. The number of nitrogens with zero attached hydrogens (tertiary/aromatic N) is 3. The van der Waals surface area contributed by atoms with E-state index in [1.165, 1.54) is 6.33 Å². The van der Waals surface area contributed by atoms with E-state index in [1.54, 1.807) is 13.2 Å². The summed E-state index contributed by atoms with van der Waals surface area (Å²) in [7, 11) is 1.63. The molecular weight excluding hydrogens is 322 g/mol. The number of aromatic nitrogens is 2. The number of nitriles is 1. The van der Waals surface area contributed by atoms with Gasteiger partial charge < -0.3 is 10.1 Å². The molecule has 0 saturated carbocycles. The van der Waals surface area contributed by atoms with Crippen LogP contribution in [0.4, 0.5) is 11.6 Å². The molecule has 2 aromatic rings. The van der Waals surface area contributed by atoms with E-state index in [9.17, 15) is 0 Å². The van der Waals surface area contributed by atoms with E-state index in [0.717, 1.165) is 15.8 Å². The first-order valence-corrected chi connectivity index (χ1v) is 6.55. The Bertz CT molecular complexity index is 641. The van der Waals surface area contributed by atoms with Gasteiger partial charge in [-0.15, -0.1) is 0 Å². The third-order valence-corrected chi connectivity index (χ3v) is 3.05. The normalized spacial score (nSPS) is 9.65. The summed E-state index contributed by atoms with van der Waals surface area (Å²) in [6.45, 7) is 0.547. The topological polar surface area (TPSA) is 82.9 Å². The Morgan fingerprint density at radius 3 is 2.85 bits per heavy atom. The Hall–Kier alpha value is -2.33. The summed E-state index contributed by atoms with van der Waals surface area (Å²) in [4.78, 5) is 8.01. The molecule has 0 aliphatic carbocycles. The lowest BCUT2D eigenvalue weighted by Gasteiger charge is -2.10. The molecule has 0 aliphatic rings. The van der Waals surface area contributed by atoms with E-state index >= 15 is 0 Å². The summed E-state index contributed by atoms with van der Waals surface area (Å²) < 4.78 is 6.28. The van der Waals surface area contributed by atoms with Crippen LogP contribution in [0.5, 0.6) is 5.75 Å². The molecule has 7 heteroatoms. The lowest BCUT2D eigenvalue weighted by Crippen LogP contribution is -2.04. The van der Waals surface area contributed by atoms with E-state index < -0.39 is 0 Å². The van der Waals surface area contributed by atoms with Crippen LogP contribution in [-0.4, -0.2) is 17.1 Å². The zero-order chi connectivity index (χ0) is 14.4. The predicted octanol–water partition coefficient (Wildman–Crippen LogP) is 2.75. The van der Waals surface area contributed by atoms with Crippen molar-refractivity contribution in [3.63, 3.8) is 0 Å². The fourth-order valence-corrected chi connectivity index (χ4v) is 2.06. The van der Waals surface area contributed by atoms with Gasteiger partial charge in [-0.1, -0.05) is 15.9 Å². The standard InChI is InChI=1S/C13H12BrN5O/c1-20-11-3-2-10(14)4-9(11)6-16-12-5-13(17-7-15)19-8-18-12/h2-5,8H,6H2,1H3,(H2,16,17,18,19). The predicted molar refractivity (Wildman–Crippen MR) is 79.3 cm³/mol. The number of hydrogen-bond donors (Lipinski definition) is 2. The molecule has 0 spiro atoms. The number of nitrogens with one attached hydrogen (secondary N) is 2. The molecule has 0 fully saturated rings. The molecule has 1 aromatic heterocycles. The summed E-state index contributed by atoms with van der Waals surface area (Å²) in [6, 6.07) is 7.45. The summed E-state index contributed by atoms with van der Waals surface area (Å²) in [5.74, 6) is 1.87. The molecule has 1 aromatic carbocycles. The summed E-state index contributed by atoms with van der Waals surface area (Å²) >= 11 is 3.43. The van der Waals surface area contributed by atoms with Gasteiger partial charge >= 0.3 is 0 Å². The first kappa shape index (κ1) is 14.1. The smallest absolute Gasteiger partial charge is 0.182 e. The highest BCUT2D eigenvalue weighted by molar-refractivity contribution is 9.10.